The summed E-state index contributed by atoms with van der Waals surface area (Å²) in [6.07, 6.45) is 2.95. The molecule has 1 aromatic carbocycles. The van der Waals surface area contributed by atoms with E-state index in [1.54, 1.807) is 19.4 Å². The molecule has 0 saturated carbocycles. The van der Waals surface area contributed by atoms with Crippen molar-refractivity contribution in [3.63, 3.8) is 0 Å². The van der Waals surface area contributed by atoms with Crippen molar-refractivity contribution in [2.24, 2.45) is 0 Å². The van der Waals surface area contributed by atoms with Crippen LogP contribution < -0.4 is 4.74 Å². The summed E-state index contributed by atoms with van der Waals surface area (Å²) in [6, 6.07) is 7.28. The standard InChI is InChI=1S/C16H13NO4S/c1-9-13(6-7-21-9)22-15-10-4-3-5-12(20-2)14(10)17-8-11(15)16(18)19/h3-8H,1-2H3,(H,18,19). The minimum atomic E-state index is -1.01. The number of pyridine rings is 1. The Labute approximate surface area is 130 Å². The Morgan fingerprint density at radius 2 is 2.18 bits per heavy atom. The van der Waals surface area contributed by atoms with Crippen molar-refractivity contribution in [2.75, 3.05) is 7.11 Å². The summed E-state index contributed by atoms with van der Waals surface area (Å²) in [5, 5.41) is 10.2. The summed E-state index contributed by atoms with van der Waals surface area (Å²) >= 11 is 1.35. The number of carboxylic acids is 1. The summed E-state index contributed by atoms with van der Waals surface area (Å²) in [5.74, 6) is 0.343. The van der Waals surface area contributed by atoms with Gasteiger partial charge in [0, 0.05) is 16.5 Å². The van der Waals surface area contributed by atoms with Gasteiger partial charge in [0.15, 0.2) is 0 Å². The number of aryl methyl sites for hydroxylation is 1. The van der Waals surface area contributed by atoms with Crippen molar-refractivity contribution < 1.29 is 19.1 Å². The fraction of sp³-hybridized carbons (Fsp3) is 0.125. The van der Waals surface area contributed by atoms with Gasteiger partial charge in [0.1, 0.15) is 17.0 Å². The number of ether oxygens (including phenoxy) is 1. The maximum atomic E-state index is 11.5. The Morgan fingerprint density at radius 3 is 2.82 bits per heavy atom. The molecule has 0 radical (unpaired) electrons. The molecule has 0 aliphatic rings. The maximum absolute atomic E-state index is 11.5. The minimum absolute atomic E-state index is 0.159. The molecule has 22 heavy (non-hydrogen) atoms. The van der Waals surface area contributed by atoms with Crippen molar-refractivity contribution in [1.82, 2.24) is 4.98 Å². The van der Waals surface area contributed by atoms with Crippen molar-refractivity contribution in [3.8, 4) is 5.75 Å². The van der Waals surface area contributed by atoms with Crippen LogP contribution in [0.15, 0.2) is 50.9 Å². The molecule has 3 rings (SSSR count). The molecule has 3 aromatic rings. The molecule has 2 heterocycles. The quantitative estimate of drug-likeness (QED) is 0.784. The van der Waals surface area contributed by atoms with Gasteiger partial charge in [-0.2, -0.15) is 0 Å². The van der Waals surface area contributed by atoms with Crippen LogP contribution in [0.1, 0.15) is 16.1 Å². The zero-order valence-corrected chi connectivity index (χ0v) is 12.8. The van der Waals surface area contributed by atoms with Crippen molar-refractivity contribution in [1.29, 1.82) is 0 Å². The van der Waals surface area contributed by atoms with Crippen molar-refractivity contribution >= 4 is 28.6 Å². The lowest BCUT2D eigenvalue weighted by Gasteiger charge is -2.11. The van der Waals surface area contributed by atoms with E-state index >= 15 is 0 Å². The number of fused-ring (bicyclic) bond motifs is 1. The van der Waals surface area contributed by atoms with Crippen molar-refractivity contribution in [3.05, 3.63) is 48.0 Å². The zero-order valence-electron chi connectivity index (χ0n) is 12.0. The molecule has 0 unspecified atom stereocenters. The van der Waals surface area contributed by atoms with E-state index in [1.165, 1.54) is 18.0 Å². The first kappa shape index (κ1) is 14.5. The second kappa shape index (κ2) is 5.73. The van der Waals surface area contributed by atoms with Gasteiger partial charge < -0.3 is 14.3 Å². The van der Waals surface area contributed by atoms with Gasteiger partial charge >= 0.3 is 5.97 Å². The first-order chi connectivity index (χ1) is 10.6. The lowest BCUT2D eigenvalue weighted by atomic mass is 10.1. The summed E-state index contributed by atoms with van der Waals surface area (Å²) in [5.41, 5.74) is 0.796. The van der Waals surface area contributed by atoms with Gasteiger partial charge in [0.2, 0.25) is 0 Å². The third-order valence-electron chi connectivity index (χ3n) is 3.28. The Morgan fingerprint density at radius 1 is 1.36 bits per heavy atom. The Bertz CT molecular complexity index is 856. The highest BCUT2D eigenvalue weighted by Gasteiger charge is 2.18. The normalized spacial score (nSPS) is 10.8. The van der Waals surface area contributed by atoms with E-state index in [0.29, 0.717) is 16.2 Å². The van der Waals surface area contributed by atoms with Gasteiger partial charge in [-0.3, -0.25) is 4.98 Å². The lowest BCUT2D eigenvalue weighted by molar-refractivity contribution is 0.0693. The number of aromatic nitrogens is 1. The highest BCUT2D eigenvalue weighted by atomic mass is 32.2. The second-order valence-electron chi connectivity index (χ2n) is 4.61. The first-order valence-corrected chi connectivity index (χ1v) is 7.34. The first-order valence-electron chi connectivity index (χ1n) is 6.52. The number of benzene rings is 1. The average molecular weight is 315 g/mol. The largest absolute Gasteiger partial charge is 0.494 e. The molecule has 0 saturated heterocycles. The van der Waals surface area contributed by atoms with Gasteiger partial charge in [-0.25, -0.2) is 4.79 Å². The molecular weight excluding hydrogens is 302 g/mol. The van der Waals surface area contributed by atoms with Crippen LogP contribution in [0.3, 0.4) is 0 Å². The Hall–Kier alpha value is -2.47. The van der Waals surface area contributed by atoms with Crippen LogP contribution in [0.25, 0.3) is 10.9 Å². The number of carboxylic acid groups (broad SMARTS) is 1. The number of hydrogen-bond donors (Lipinski definition) is 1. The van der Waals surface area contributed by atoms with Crippen LogP contribution in [-0.2, 0) is 0 Å². The Kier molecular flexibility index (Phi) is 3.77. The van der Waals surface area contributed by atoms with Gasteiger partial charge in [0.05, 0.1) is 23.8 Å². The van der Waals surface area contributed by atoms with Crippen LogP contribution >= 0.6 is 11.8 Å². The highest BCUT2D eigenvalue weighted by Crippen LogP contribution is 2.39. The third kappa shape index (κ3) is 2.42. The molecular formula is C16H13NO4S. The molecule has 6 heteroatoms. The fourth-order valence-corrected chi connectivity index (χ4v) is 3.25. The fourth-order valence-electron chi connectivity index (χ4n) is 2.19. The smallest absolute Gasteiger partial charge is 0.338 e. The maximum Gasteiger partial charge on any atom is 0.338 e. The second-order valence-corrected chi connectivity index (χ2v) is 5.66. The van der Waals surface area contributed by atoms with Crippen LogP contribution in [0.2, 0.25) is 0 Å². The van der Waals surface area contributed by atoms with Gasteiger partial charge in [-0.05, 0) is 19.1 Å². The number of furan rings is 1. The summed E-state index contributed by atoms with van der Waals surface area (Å²) in [6.45, 7) is 1.84. The van der Waals surface area contributed by atoms with Crippen LogP contribution in [0.4, 0.5) is 0 Å². The molecule has 0 spiro atoms. The molecule has 0 aliphatic heterocycles. The van der Waals surface area contributed by atoms with Crippen LogP contribution in [-0.4, -0.2) is 23.2 Å². The topological polar surface area (TPSA) is 72.6 Å². The van der Waals surface area contributed by atoms with Gasteiger partial charge in [0.25, 0.3) is 0 Å². The monoisotopic (exact) mass is 315 g/mol. The van der Waals surface area contributed by atoms with E-state index in [-0.39, 0.29) is 5.56 Å². The van der Waals surface area contributed by atoms with Crippen LogP contribution in [0, 0.1) is 6.92 Å². The molecule has 0 fully saturated rings. The molecule has 2 aromatic heterocycles. The lowest BCUT2D eigenvalue weighted by Crippen LogP contribution is -2.01. The summed E-state index contributed by atoms with van der Waals surface area (Å²) < 4.78 is 10.6. The molecule has 0 atom stereocenters. The number of carbonyl (C=O) groups is 1. The number of methoxy groups -OCH3 is 1. The van der Waals surface area contributed by atoms with Crippen LogP contribution in [0.5, 0.6) is 5.75 Å². The summed E-state index contributed by atoms with van der Waals surface area (Å²) in [4.78, 5) is 17.3. The van der Waals surface area contributed by atoms with E-state index in [1.807, 2.05) is 25.1 Å². The van der Waals surface area contributed by atoms with E-state index in [9.17, 15) is 9.90 Å². The number of hydrogen-bond acceptors (Lipinski definition) is 5. The number of aromatic carboxylic acids is 1. The van der Waals surface area contributed by atoms with E-state index in [4.69, 9.17) is 9.15 Å². The predicted molar refractivity (Wildman–Crippen MR) is 82.8 cm³/mol. The van der Waals surface area contributed by atoms with Gasteiger partial charge in [-0.15, -0.1) is 0 Å². The zero-order chi connectivity index (χ0) is 15.7. The molecule has 5 nitrogen and oxygen atoms in total. The van der Waals surface area contributed by atoms with Crippen molar-refractivity contribution in [2.45, 2.75) is 16.7 Å². The van der Waals surface area contributed by atoms with E-state index < -0.39 is 5.97 Å². The molecule has 1 N–H and O–H groups in total. The number of rotatable bonds is 4. The number of nitrogens with zero attached hydrogens (tertiary/aromatic N) is 1. The molecule has 0 bridgehead atoms. The van der Waals surface area contributed by atoms with E-state index in [2.05, 4.69) is 4.98 Å². The average Bonchev–Trinajstić information content (AvgIpc) is 2.91. The molecule has 0 aliphatic carbocycles. The van der Waals surface area contributed by atoms with E-state index in [0.717, 1.165) is 16.0 Å². The molecule has 0 amide bonds. The minimum Gasteiger partial charge on any atom is -0.494 e. The Balaban J connectivity index is 2.26. The van der Waals surface area contributed by atoms with Gasteiger partial charge in [-0.1, -0.05) is 23.9 Å². The summed E-state index contributed by atoms with van der Waals surface area (Å²) in [7, 11) is 1.56. The SMILES string of the molecule is COc1cccc2c(Sc3ccoc3C)c(C(=O)O)cnc12. The predicted octanol–water partition coefficient (Wildman–Crippen LogP) is 3.99. The third-order valence-corrected chi connectivity index (χ3v) is 4.57. The highest BCUT2D eigenvalue weighted by molar-refractivity contribution is 7.99. The number of para-hydroxylation sites is 1. The molecule has 112 valence electrons.